The van der Waals surface area contributed by atoms with E-state index < -0.39 is 225 Å². The van der Waals surface area contributed by atoms with Gasteiger partial charge in [0.15, 0.2) is 37.7 Å². The molecule has 90 heavy (non-hydrogen) atoms. The summed E-state index contributed by atoms with van der Waals surface area (Å²) in [7, 11) is 6.04. The molecule has 13 N–H and O–H groups in total. The number of fused-ring (bicyclic) bond motifs is 5. The molecule has 10 rings (SSSR count). The maximum atomic E-state index is 12.7. The summed E-state index contributed by atoms with van der Waals surface area (Å²) in [6.07, 6.45) is -28.7. The lowest BCUT2D eigenvalue weighted by atomic mass is 9.40. The number of methoxy groups -OCH3 is 4. The average molecular weight is 1300 g/mol. The smallest absolute Gasteiger partial charge is 0.187 e. The molecule has 29 heteroatoms. The summed E-state index contributed by atoms with van der Waals surface area (Å²) in [5, 5.41) is 145. The van der Waals surface area contributed by atoms with Gasteiger partial charge in [-0.15, -0.1) is 0 Å². The van der Waals surface area contributed by atoms with Gasteiger partial charge in [-0.3, -0.25) is 0 Å². The van der Waals surface area contributed by atoms with Crippen LogP contribution >= 0.6 is 0 Å². The van der Waals surface area contributed by atoms with Gasteiger partial charge in [-0.05, 0) is 103 Å². The van der Waals surface area contributed by atoms with E-state index in [0.29, 0.717) is 38.5 Å². The van der Waals surface area contributed by atoms with Crippen molar-refractivity contribution in [3.05, 3.63) is 0 Å². The van der Waals surface area contributed by atoms with Crippen molar-refractivity contribution in [1.29, 1.82) is 0 Å². The number of hydrogen-bond acceptors (Lipinski definition) is 29. The van der Waals surface area contributed by atoms with E-state index in [4.69, 9.17) is 75.8 Å². The summed E-state index contributed by atoms with van der Waals surface area (Å²) >= 11 is 0. The summed E-state index contributed by atoms with van der Waals surface area (Å²) in [4.78, 5) is 0. The van der Waals surface area contributed by atoms with E-state index in [-0.39, 0.29) is 44.1 Å². The first kappa shape index (κ1) is 71.6. The van der Waals surface area contributed by atoms with Gasteiger partial charge in [0, 0.05) is 47.7 Å². The van der Waals surface area contributed by atoms with Crippen molar-refractivity contribution in [3.63, 3.8) is 0 Å². The van der Waals surface area contributed by atoms with Crippen molar-refractivity contribution >= 4 is 0 Å². The van der Waals surface area contributed by atoms with Crippen molar-refractivity contribution in [2.45, 2.75) is 320 Å². The first-order valence-electron chi connectivity index (χ1n) is 32.3. The molecule has 10 fully saturated rings. The van der Waals surface area contributed by atoms with Crippen molar-refractivity contribution < 1.29 is 142 Å². The molecule has 0 bridgehead atoms. The normalized spacial score (nSPS) is 55.4. The Kier molecular flexibility index (Phi) is 22.3. The first-order chi connectivity index (χ1) is 42.5. The van der Waals surface area contributed by atoms with Crippen LogP contribution < -0.4 is 0 Å². The molecule has 0 amide bonds. The van der Waals surface area contributed by atoms with Crippen LogP contribution in [-0.4, -0.2) is 309 Å². The van der Waals surface area contributed by atoms with Crippen LogP contribution in [0.15, 0.2) is 0 Å². The molecule has 0 aromatic rings. The van der Waals surface area contributed by atoms with Crippen LogP contribution in [-0.2, 0) is 75.8 Å². The highest BCUT2D eigenvalue weighted by molar-refractivity contribution is 5.30. The van der Waals surface area contributed by atoms with E-state index in [1.54, 1.807) is 35.0 Å². The first-order valence-corrected chi connectivity index (χ1v) is 32.3. The molecule has 522 valence electrons. The Morgan fingerprint density at radius 3 is 1.46 bits per heavy atom. The number of rotatable bonds is 19. The summed E-state index contributed by atoms with van der Waals surface area (Å²) in [5.41, 5.74) is -7.09. The zero-order valence-corrected chi connectivity index (χ0v) is 53.5. The molecule has 6 aliphatic heterocycles. The lowest BCUT2D eigenvalue weighted by Gasteiger charge is -2.69. The number of ether oxygens (including phenoxy) is 16. The third-order valence-electron chi connectivity index (χ3n) is 23.2. The van der Waals surface area contributed by atoms with E-state index in [9.17, 15) is 66.4 Å². The maximum absolute atomic E-state index is 12.7. The lowest BCUT2D eigenvalue weighted by molar-refractivity contribution is -0.385. The Labute approximate surface area is 525 Å². The van der Waals surface area contributed by atoms with Gasteiger partial charge in [0.1, 0.15) is 96.7 Å². The lowest BCUT2D eigenvalue weighted by Crippen LogP contribution is -2.79. The standard InChI is InChI=1S/C61H104O29/c1-25-48(32(75-8)19-39(79-25)83-31-13-14-57(6)30(18-31)12-15-60(73)37(57)22-38(65)58(7)59(72,29(5)64)16-17-61(58,60)74)86-40-20-33(76-9)49(26(2)80-40)87-41-21-34(77-10)50(27(3)81-41)88-56-47(71)53(78-11)51(28(4)82-56)89-55-46(70)44(68)52(36(24-63)85-55)90-54-45(69)43(67)42(66)35(23-62)84-54/h25-56,62-74H,12-24H2,1-11H3/t25-,26-,27-,28-,29?,30+,31+,32+,33+,34-,35-,36-,37-,38-,39+,40+,41+,42-,43+,44-,45-,46-,47-,48-,49-,50-,51-,52-,53-,54+,55+,56+,57+,58-,59-,60+,61-/m1/s1. The number of aliphatic hydroxyl groups is 13. The topological polar surface area (TPSA) is 411 Å². The summed E-state index contributed by atoms with van der Waals surface area (Å²) in [6.45, 7) is 10.9. The second-order valence-electron chi connectivity index (χ2n) is 27.8. The van der Waals surface area contributed by atoms with Crippen molar-refractivity contribution in [2.75, 3.05) is 41.7 Å². The van der Waals surface area contributed by atoms with E-state index in [0.717, 1.165) is 0 Å². The van der Waals surface area contributed by atoms with Crippen LogP contribution in [0.25, 0.3) is 0 Å². The minimum Gasteiger partial charge on any atom is -0.394 e. The third-order valence-corrected chi connectivity index (χ3v) is 23.2. The quantitative estimate of drug-likeness (QED) is 0.0593. The molecule has 4 aliphatic carbocycles. The Bertz CT molecular complexity index is 2330. The summed E-state index contributed by atoms with van der Waals surface area (Å²) in [6, 6.07) is 0. The van der Waals surface area contributed by atoms with Gasteiger partial charge in [0.05, 0.1) is 85.3 Å². The molecule has 0 aromatic carbocycles. The minimum absolute atomic E-state index is 0.0636. The van der Waals surface area contributed by atoms with E-state index >= 15 is 0 Å². The fourth-order valence-electron chi connectivity index (χ4n) is 17.7. The molecule has 0 spiro atoms. The predicted molar refractivity (Wildman–Crippen MR) is 304 cm³/mol. The highest BCUT2D eigenvalue weighted by Gasteiger charge is 2.81. The van der Waals surface area contributed by atoms with Crippen molar-refractivity contribution in [2.24, 2.45) is 22.7 Å². The van der Waals surface area contributed by atoms with Crippen LogP contribution in [0.1, 0.15) is 119 Å². The molecular formula is C61H104O29. The Hall–Kier alpha value is -1.16. The molecule has 1 unspecified atom stereocenters. The third kappa shape index (κ3) is 12.4. The monoisotopic (exact) mass is 1300 g/mol. The fraction of sp³-hybridized carbons (Fsp3) is 1.00. The molecule has 10 aliphatic rings. The van der Waals surface area contributed by atoms with Crippen molar-refractivity contribution in [3.8, 4) is 0 Å². The number of aliphatic hydroxyl groups excluding tert-OH is 10. The molecule has 6 saturated heterocycles. The second-order valence-corrected chi connectivity index (χ2v) is 27.8. The van der Waals surface area contributed by atoms with Crippen LogP contribution in [0.3, 0.4) is 0 Å². The van der Waals surface area contributed by atoms with Gasteiger partial charge in [-0.25, -0.2) is 0 Å². The SMILES string of the molecule is CO[C@@H]1[C@@H](O)[C@H](O[C@@H]2[C@@H](C)O[C@@H](O[C@H]3[C@@H](OC)C[C@H](O[C@H]4[C@@H](OC)C[C@H](O[C@H]5CC[C@@]6(C)[C@@H](CC[C@]7(O)[C@@H]6C[C@@H](O)[C@@]6(C)[C@]7(O)CC[C@@]6(O)C(C)O)C5)O[C@@H]4C)O[C@@H]3C)C[C@H]2OC)O[C@H](C)[C@H]1O[C@@H]1O[C@H](CO)[C@@H](O[C@@H]2O[C@H](CO)[C@@H](O)[C@H](O)[C@H]2O)[C@H](O)[C@H]1O. The molecular weight excluding hydrogens is 1200 g/mol. The minimum atomic E-state index is -1.87. The Morgan fingerprint density at radius 2 is 0.933 bits per heavy atom. The van der Waals surface area contributed by atoms with Gasteiger partial charge in [0.25, 0.3) is 0 Å². The van der Waals surface area contributed by atoms with Crippen molar-refractivity contribution in [1.82, 2.24) is 0 Å². The van der Waals surface area contributed by atoms with E-state index in [2.05, 4.69) is 6.92 Å². The Morgan fingerprint density at radius 1 is 0.456 bits per heavy atom. The highest BCUT2D eigenvalue weighted by Crippen LogP contribution is 2.72. The zero-order chi connectivity index (χ0) is 65.5. The zero-order valence-electron chi connectivity index (χ0n) is 53.5. The average Bonchev–Trinajstić information content (AvgIpc) is 1.38. The molecule has 4 saturated carbocycles. The van der Waals surface area contributed by atoms with Crippen LogP contribution in [0.4, 0.5) is 0 Å². The predicted octanol–water partition coefficient (Wildman–Crippen LogP) is -2.54. The van der Waals surface area contributed by atoms with E-state index in [1.807, 2.05) is 13.8 Å². The molecule has 29 nitrogen and oxygen atoms in total. The molecule has 0 radical (unpaired) electrons. The summed E-state index contributed by atoms with van der Waals surface area (Å²) in [5.74, 6) is -0.319. The van der Waals surface area contributed by atoms with E-state index in [1.165, 1.54) is 21.1 Å². The number of hydrogen-bond donors (Lipinski definition) is 13. The second kappa shape index (κ2) is 28.0. The van der Waals surface area contributed by atoms with Gasteiger partial charge >= 0.3 is 0 Å². The molecule has 6 heterocycles. The van der Waals surface area contributed by atoms with Gasteiger partial charge < -0.3 is 142 Å². The fourth-order valence-corrected chi connectivity index (χ4v) is 17.7. The van der Waals surface area contributed by atoms with Gasteiger partial charge in [-0.1, -0.05) is 13.8 Å². The van der Waals surface area contributed by atoms with Gasteiger partial charge in [-0.2, -0.15) is 0 Å². The van der Waals surface area contributed by atoms with Gasteiger partial charge in [0.2, 0.25) is 0 Å². The molecule has 37 atom stereocenters. The highest BCUT2D eigenvalue weighted by atomic mass is 16.8. The summed E-state index contributed by atoms with van der Waals surface area (Å²) < 4.78 is 98.9. The largest absolute Gasteiger partial charge is 0.394 e. The Balaban J connectivity index is 0.693. The van der Waals surface area contributed by atoms with Crippen LogP contribution in [0, 0.1) is 22.7 Å². The van der Waals surface area contributed by atoms with Crippen LogP contribution in [0.5, 0.6) is 0 Å². The maximum Gasteiger partial charge on any atom is 0.187 e. The molecule has 0 aromatic heterocycles. The van der Waals surface area contributed by atoms with Crippen LogP contribution in [0.2, 0.25) is 0 Å².